The number of nitrogens with one attached hydrogen (secondary N) is 1. The van der Waals surface area contributed by atoms with E-state index in [0.717, 1.165) is 0 Å². The van der Waals surface area contributed by atoms with E-state index in [-0.39, 0.29) is 31.1 Å². The van der Waals surface area contributed by atoms with Crippen molar-refractivity contribution in [2.75, 3.05) is 13.7 Å². The van der Waals surface area contributed by atoms with Gasteiger partial charge in [0.15, 0.2) is 5.78 Å². The second-order valence-corrected chi connectivity index (χ2v) is 3.64. The number of esters is 1. The molecule has 0 unspecified atom stereocenters. The van der Waals surface area contributed by atoms with Crippen LogP contribution in [0.15, 0.2) is 30.3 Å². The molecule has 0 atom stereocenters. The van der Waals surface area contributed by atoms with E-state index in [2.05, 4.69) is 10.1 Å². The molecule has 1 rings (SSSR count). The summed E-state index contributed by atoms with van der Waals surface area (Å²) in [4.78, 5) is 33.8. The zero-order chi connectivity index (χ0) is 13.4. The SMILES string of the molecule is COC(=O)CCC(=O)NCC(=O)c1ccccc1. The van der Waals surface area contributed by atoms with Gasteiger partial charge in [-0.15, -0.1) is 0 Å². The third-order valence-corrected chi connectivity index (χ3v) is 2.33. The first-order chi connectivity index (χ1) is 8.63. The highest BCUT2D eigenvalue weighted by atomic mass is 16.5. The summed E-state index contributed by atoms with van der Waals surface area (Å²) in [6.45, 7) is -0.0655. The third-order valence-electron chi connectivity index (χ3n) is 2.33. The topological polar surface area (TPSA) is 72.5 Å². The Morgan fingerprint density at radius 2 is 1.78 bits per heavy atom. The van der Waals surface area contributed by atoms with Crippen LogP contribution in [-0.4, -0.2) is 31.3 Å². The number of methoxy groups -OCH3 is 1. The second-order valence-electron chi connectivity index (χ2n) is 3.64. The number of ether oxygens (including phenoxy) is 1. The number of hydrogen-bond donors (Lipinski definition) is 1. The molecule has 1 aromatic carbocycles. The summed E-state index contributed by atoms with van der Waals surface area (Å²) in [5, 5.41) is 2.46. The van der Waals surface area contributed by atoms with Gasteiger partial charge in [0.2, 0.25) is 5.91 Å². The van der Waals surface area contributed by atoms with Gasteiger partial charge in [0.1, 0.15) is 0 Å². The number of amides is 1. The molecule has 5 nitrogen and oxygen atoms in total. The number of benzene rings is 1. The molecular weight excluding hydrogens is 234 g/mol. The summed E-state index contributed by atoms with van der Waals surface area (Å²) in [6, 6.07) is 8.69. The summed E-state index contributed by atoms with van der Waals surface area (Å²) in [5.41, 5.74) is 0.547. The molecule has 0 radical (unpaired) electrons. The molecular formula is C13H15NO4. The summed E-state index contributed by atoms with van der Waals surface area (Å²) in [7, 11) is 1.26. The van der Waals surface area contributed by atoms with Crippen molar-refractivity contribution in [1.82, 2.24) is 5.32 Å². The Balaban J connectivity index is 2.31. The maximum Gasteiger partial charge on any atom is 0.306 e. The quantitative estimate of drug-likeness (QED) is 0.601. The normalized spacial score (nSPS) is 9.61. The fraction of sp³-hybridized carbons (Fsp3) is 0.308. The fourth-order valence-corrected chi connectivity index (χ4v) is 1.31. The van der Waals surface area contributed by atoms with Crippen LogP contribution in [0.1, 0.15) is 23.2 Å². The third kappa shape index (κ3) is 4.78. The summed E-state index contributed by atoms with van der Waals surface area (Å²) < 4.78 is 4.41. The van der Waals surface area contributed by atoms with E-state index in [0.29, 0.717) is 5.56 Å². The molecule has 1 aromatic rings. The number of rotatable bonds is 6. The van der Waals surface area contributed by atoms with Crippen LogP contribution in [-0.2, 0) is 14.3 Å². The Hall–Kier alpha value is -2.17. The van der Waals surface area contributed by atoms with Gasteiger partial charge in [-0.3, -0.25) is 14.4 Å². The summed E-state index contributed by atoms with van der Waals surface area (Å²) >= 11 is 0. The first-order valence-corrected chi connectivity index (χ1v) is 5.55. The molecule has 0 bridgehead atoms. The number of Topliss-reactive ketones (excluding diaryl/α,β-unsaturated/α-hetero) is 1. The van der Waals surface area contributed by atoms with Crippen molar-refractivity contribution in [1.29, 1.82) is 0 Å². The molecule has 0 aromatic heterocycles. The second kappa shape index (κ2) is 7.21. The van der Waals surface area contributed by atoms with Crippen molar-refractivity contribution in [2.24, 2.45) is 0 Å². The van der Waals surface area contributed by atoms with Crippen molar-refractivity contribution in [3.8, 4) is 0 Å². The van der Waals surface area contributed by atoms with Gasteiger partial charge in [0.25, 0.3) is 0 Å². The molecule has 0 saturated carbocycles. The molecule has 0 aliphatic rings. The van der Waals surface area contributed by atoms with E-state index >= 15 is 0 Å². The zero-order valence-corrected chi connectivity index (χ0v) is 10.1. The number of carbonyl (C=O) groups is 3. The number of carbonyl (C=O) groups excluding carboxylic acids is 3. The molecule has 0 spiro atoms. The Bertz CT molecular complexity index is 428. The minimum absolute atomic E-state index is 0.0157. The predicted octanol–water partition coefficient (Wildman–Crippen LogP) is 0.939. The van der Waals surface area contributed by atoms with Crippen LogP contribution in [0.5, 0.6) is 0 Å². The van der Waals surface area contributed by atoms with Crippen molar-refractivity contribution < 1.29 is 19.1 Å². The largest absolute Gasteiger partial charge is 0.469 e. The van der Waals surface area contributed by atoms with Crippen molar-refractivity contribution in [2.45, 2.75) is 12.8 Å². The number of hydrogen-bond acceptors (Lipinski definition) is 4. The van der Waals surface area contributed by atoms with Gasteiger partial charge in [0.05, 0.1) is 20.1 Å². The van der Waals surface area contributed by atoms with Gasteiger partial charge in [-0.1, -0.05) is 30.3 Å². The summed E-state index contributed by atoms with van der Waals surface area (Å²) in [5.74, 6) is -0.953. The molecule has 0 aliphatic carbocycles. The highest BCUT2D eigenvalue weighted by molar-refractivity contribution is 5.99. The smallest absolute Gasteiger partial charge is 0.306 e. The van der Waals surface area contributed by atoms with Gasteiger partial charge in [-0.25, -0.2) is 0 Å². The first-order valence-electron chi connectivity index (χ1n) is 5.55. The van der Waals surface area contributed by atoms with Crippen LogP contribution in [0.25, 0.3) is 0 Å². The Labute approximate surface area is 105 Å². The molecule has 0 heterocycles. The Kier molecular flexibility index (Phi) is 5.57. The molecule has 0 fully saturated rings. The lowest BCUT2D eigenvalue weighted by Gasteiger charge is -2.04. The van der Waals surface area contributed by atoms with E-state index in [1.807, 2.05) is 6.07 Å². The van der Waals surface area contributed by atoms with Gasteiger partial charge >= 0.3 is 5.97 Å². The molecule has 5 heteroatoms. The van der Waals surface area contributed by atoms with Crippen LogP contribution >= 0.6 is 0 Å². The van der Waals surface area contributed by atoms with Gasteiger partial charge in [-0.05, 0) is 0 Å². The van der Waals surface area contributed by atoms with Crippen molar-refractivity contribution in [3.05, 3.63) is 35.9 Å². The van der Waals surface area contributed by atoms with Gasteiger partial charge < -0.3 is 10.1 Å². The lowest BCUT2D eigenvalue weighted by molar-refractivity contribution is -0.142. The molecule has 0 saturated heterocycles. The minimum atomic E-state index is -0.445. The van der Waals surface area contributed by atoms with E-state index in [1.165, 1.54) is 7.11 Å². The lowest BCUT2D eigenvalue weighted by atomic mass is 10.1. The van der Waals surface area contributed by atoms with Crippen LogP contribution in [0.3, 0.4) is 0 Å². The lowest BCUT2D eigenvalue weighted by Crippen LogP contribution is -2.29. The number of ketones is 1. The van der Waals surface area contributed by atoms with Crippen LogP contribution < -0.4 is 5.32 Å². The zero-order valence-electron chi connectivity index (χ0n) is 10.1. The highest BCUT2D eigenvalue weighted by Gasteiger charge is 2.09. The fourth-order valence-electron chi connectivity index (χ4n) is 1.31. The molecule has 1 amide bonds. The van der Waals surface area contributed by atoms with Crippen molar-refractivity contribution >= 4 is 17.7 Å². The van der Waals surface area contributed by atoms with Crippen LogP contribution in [0.2, 0.25) is 0 Å². The Morgan fingerprint density at radius 1 is 1.11 bits per heavy atom. The van der Waals surface area contributed by atoms with Crippen LogP contribution in [0.4, 0.5) is 0 Å². The Morgan fingerprint density at radius 3 is 2.39 bits per heavy atom. The van der Waals surface area contributed by atoms with Crippen LogP contribution in [0, 0.1) is 0 Å². The van der Waals surface area contributed by atoms with Crippen molar-refractivity contribution in [3.63, 3.8) is 0 Å². The first kappa shape index (κ1) is 13.9. The molecule has 18 heavy (non-hydrogen) atoms. The molecule has 96 valence electrons. The highest BCUT2D eigenvalue weighted by Crippen LogP contribution is 1.99. The maximum absolute atomic E-state index is 11.6. The predicted molar refractivity (Wildman–Crippen MR) is 65.0 cm³/mol. The monoisotopic (exact) mass is 249 g/mol. The summed E-state index contributed by atoms with van der Waals surface area (Å²) in [6.07, 6.45) is 0.0383. The van der Waals surface area contributed by atoms with E-state index in [9.17, 15) is 14.4 Å². The standard InChI is InChI=1S/C13H15NO4/c1-18-13(17)8-7-12(16)14-9-11(15)10-5-3-2-4-6-10/h2-6H,7-9H2,1H3,(H,14,16). The van der Waals surface area contributed by atoms with Gasteiger partial charge in [-0.2, -0.15) is 0 Å². The molecule has 0 aliphatic heterocycles. The van der Waals surface area contributed by atoms with E-state index in [1.54, 1.807) is 24.3 Å². The van der Waals surface area contributed by atoms with E-state index < -0.39 is 5.97 Å². The average Bonchev–Trinajstić information content (AvgIpc) is 2.42. The molecule has 1 N–H and O–H groups in total. The minimum Gasteiger partial charge on any atom is -0.469 e. The maximum atomic E-state index is 11.6. The van der Waals surface area contributed by atoms with Gasteiger partial charge in [0, 0.05) is 12.0 Å². The average molecular weight is 249 g/mol. The van der Waals surface area contributed by atoms with E-state index in [4.69, 9.17) is 0 Å².